The molecule has 2 unspecified atom stereocenters. The number of unbranched alkanes of at least 4 members (excludes halogenated alkanes) is 1. The van der Waals surface area contributed by atoms with Crippen molar-refractivity contribution >= 4 is 30.0 Å². The summed E-state index contributed by atoms with van der Waals surface area (Å²) in [6, 6.07) is 4.91. The highest BCUT2D eigenvalue weighted by Gasteiger charge is 2.25. The Kier molecular flexibility index (Phi) is 8.84. The fourth-order valence-electron chi connectivity index (χ4n) is 2.39. The molecule has 6 heteroatoms. The number of hydrogen-bond acceptors (Lipinski definition) is 3. The minimum absolute atomic E-state index is 0.330. The molecule has 0 aliphatic carbocycles. The number of benzene rings is 1. The van der Waals surface area contributed by atoms with Crippen molar-refractivity contribution in [1.82, 2.24) is 0 Å². The van der Waals surface area contributed by atoms with Gasteiger partial charge in [-0.15, -0.1) is 5.54 Å². The predicted molar refractivity (Wildman–Crippen MR) is 104 cm³/mol. The molecule has 0 bridgehead atoms. The molecule has 3 nitrogen and oxygen atoms in total. The molecule has 1 rings (SSSR count). The van der Waals surface area contributed by atoms with Crippen LogP contribution in [0.4, 0.5) is 4.39 Å². The van der Waals surface area contributed by atoms with E-state index in [0.717, 1.165) is 0 Å². The molecule has 0 radical (unpaired) electrons. The number of carbonyl (C=O) groups is 1. The average molecular weight is 429 g/mol. The second kappa shape index (κ2) is 10.1. The summed E-state index contributed by atoms with van der Waals surface area (Å²) in [7, 11) is -0.183. The number of methoxy groups -OCH3 is 1. The minimum atomic E-state index is -1.49. The van der Waals surface area contributed by atoms with E-state index in [-0.39, 0.29) is 0 Å². The first-order valence-corrected chi connectivity index (χ1v) is 12.7. The van der Waals surface area contributed by atoms with Crippen molar-refractivity contribution in [3.8, 4) is 11.5 Å². The van der Waals surface area contributed by atoms with Crippen LogP contribution in [0.3, 0.4) is 0 Å². The predicted octanol–water partition coefficient (Wildman–Crippen LogP) is 4.65. The van der Waals surface area contributed by atoms with Crippen LogP contribution in [0.15, 0.2) is 22.7 Å². The van der Waals surface area contributed by atoms with Crippen molar-refractivity contribution in [2.24, 2.45) is 0 Å². The zero-order chi connectivity index (χ0) is 19.0. The molecule has 0 spiro atoms. The summed E-state index contributed by atoms with van der Waals surface area (Å²) in [6.45, 7) is 6.38. The minimum Gasteiger partial charge on any atom is -0.469 e. The third-order valence-corrected chi connectivity index (χ3v) is 5.18. The topological polar surface area (TPSA) is 46.5 Å². The molecule has 0 heterocycles. The van der Waals surface area contributed by atoms with Gasteiger partial charge in [-0.2, -0.15) is 0 Å². The third-order valence-electron chi connectivity index (χ3n) is 3.68. The van der Waals surface area contributed by atoms with Crippen LogP contribution in [0.5, 0.6) is 0 Å². The van der Waals surface area contributed by atoms with E-state index in [0.29, 0.717) is 35.7 Å². The number of esters is 1. The fraction of sp³-hybridized carbons (Fsp3) is 0.526. The number of aliphatic hydroxyl groups is 1. The Morgan fingerprint density at radius 2 is 1.96 bits per heavy atom. The van der Waals surface area contributed by atoms with Gasteiger partial charge in [0.25, 0.3) is 0 Å². The monoisotopic (exact) mass is 428 g/mol. The lowest BCUT2D eigenvalue weighted by Gasteiger charge is -2.16. The summed E-state index contributed by atoms with van der Waals surface area (Å²) in [5, 5.41) is 9.92. The van der Waals surface area contributed by atoms with Crippen LogP contribution in [0.25, 0.3) is 0 Å². The van der Waals surface area contributed by atoms with Gasteiger partial charge >= 0.3 is 5.97 Å². The summed E-state index contributed by atoms with van der Waals surface area (Å²) in [4.78, 5) is 12.0. The zero-order valence-corrected chi connectivity index (χ0v) is 17.8. The molecule has 1 N–H and O–H groups in total. The fourth-order valence-corrected chi connectivity index (χ4v) is 3.37. The average Bonchev–Trinajstić information content (AvgIpc) is 2.55. The standard InChI is InChI=1S/C19H26BrFO3Si/c1-24-19(23)16(15-10-7-11-17(20)18(15)21)9-6-5-8-14(22)12-13-25(2,3)4/h7,10-11,14,16,22H,5-6,8-9H2,1-4H3. The highest BCUT2D eigenvalue weighted by molar-refractivity contribution is 9.10. The van der Waals surface area contributed by atoms with Crippen LogP contribution in [0.1, 0.15) is 37.2 Å². The van der Waals surface area contributed by atoms with Gasteiger partial charge in [-0.1, -0.05) is 44.1 Å². The summed E-state index contributed by atoms with van der Waals surface area (Å²) >= 11 is 3.15. The molecule has 0 saturated heterocycles. The molecule has 1 aromatic carbocycles. The van der Waals surface area contributed by atoms with Crippen LogP contribution >= 0.6 is 15.9 Å². The van der Waals surface area contributed by atoms with Gasteiger partial charge in [0.15, 0.2) is 0 Å². The molecule has 1 aromatic rings. The van der Waals surface area contributed by atoms with E-state index in [1.165, 1.54) is 7.11 Å². The molecular weight excluding hydrogens is 403 g/mol. The van der Waals surface area contributed by atoms with Crippen LogP contribution in [-0.4, -0.2) is 32.4 Å². The lowest BCUT2D eigenvalue weighted by molar-refractivity contribution is -0.142. The number of aliphatic hydroxyl groups excluding tert-OH is 1. The molecule has 2 atom stereocenters. The van der Waals surface area contributed by atoms with E-state index < -0.39 is 31.9 Å². The van der Waals surface area contributed by atoms with Crippen molar-refractivity contribution < 1.29 is 19.0 Å². The van der Waals surface area contributed by atoms with Crippen LogP contribution in [0, 0.1) is 17.3 Å². The van der Waals surface area contributed by atoms with E-state index in [2.05, 4.69) is 47.0 Å². The highest BCUT2D eigenvalue weighted by atomic mass is 79.9. The second-order valence-electron chi connectivity index (χ2n) is 7.04. The van der Waals surface area contributed by atoms with Crippen molar-refractivity contribution in [3.63, 3.8) is 0 Å². The van der Waals surface area contributed by atoms with Crippen molar-refractivity contribution in [3.05, 3.63) is 34.1 Å². The maximum absolute atomic E-state index is 14.3. The van der Waals surface area contributed by atoms with Gasteiger partial charge in [-0.3, -0.25) is 4.79 Å². The van der Waals surface area contributed by atoms with Gasteiger partial charge in [0.05, 0.1) is 17.5 Å². The van der Waals surface area contributed by atoms with Gasteiger partial charge < -0.3 is 9.84 Å². The largest absolute Gasteiger partial charge is 0.469 e. The van der Waals surface area contributed by atoms with Crippen LogP contribution < -0.4 is 0 Å². The van der Waals surface area contributed by atoms with E-state index in [9.17, 15) is 14.3 Å². The first-order chi connectivity index (χ1) is 11.7. The molecule has 0 amide bonds. The van der Waals surface area contributed by atoms with E-state index >= 15 is 0 Å². The molecular formula is C19H26BrFO3Si. The highest BCUT2D eigenvalue weighted by Crippen LogP contribution is 2.30. The second-order valence-corrected chi connectivity index (χ2v) is 12.6. The van der Waals surface area contributed by atoms with Gasteiger partial charge in [0.1, 0.15) is 20.0 Å². The lowest BCUT2D eigenvalue weighted by atomic mass is 9.92. The van der Waals surface area contributed by atoms with Crippen molar-refractivity contribution in [2.75, 3.05) is 7.11 Å². The third kappa shape index (κ3) is 7.72. The molecule has 138 valence electrons. The Labute approximate surface area is 159 Å². The zero-order valence-electron chi connectivity index (χ0n) is 15.2. The number of carbonyl (C=O) groups excluding carboxylic acids is 1. The summed E-state index contributed by atoms with van der Waals surface area (Å²) in [5.74, 6) is 1.38. The lowest BCUT2D eigenvalue weighted by Crippen LogP contribution is -2.18. The molecule has 0 aliphatic rings. The van der Waals surface area contributed by atoms with E-state index in [1.807, 2.05) is 0 Å². The van der Waals surface area contributed by atoms with Crippen molar-refractivity contribution in [1.29, 1.82) is 0 Å². The van der Waals surface area contributed by atoms with E-state index in [4.69, 9.17) is 4.74 Å². The molecule has 0 aromatic heterocycles. The smallest absolute Gasteiger partial charge is 0.313 e. The number of ether oxygens (including phenoxy) is 1. The maximum atomic E-state index is 14.3. The normalized spacial score (nSPS) is 13.6. The van der Waals surface area contributed by atoms with E-state index in [1.54, 1.807) is 18.2 Å². The van der Waals surface area contributed by atoms with Crippen molar-refractivity contribution in [2.45, 2.75) is 57.3 Å². The molecule has 0 aliphatic heterocycles. The first-order valence-electron chi connectivity index (χ1n) is 8.38. The number of hydrogen-bond donors (Lipinski definition) is 1. The molecule has 0 saturated carbocycles. The Hall–Kier alpha value is -1.16. The summed E-state index contributed by atoms with van der Waals surface area (Å²) < 4.78 is 19.4. The Morgan fingerprint density at radius 1 is 1.32 bits per heavy atom. The van der Waals surface area contributed by atoms with Gasteiger partial charge in [0, 0.05) is 5.56 Å². The van der Waals surface area contributed by atoms with Crippen LogP contribution in [-0.2, 0) is 9.53 Å². The maximum Gasteiger partial charge on any atom is 0.313 e. The Balaban J connectivity index is 2.65. The van der Waals surface area contributed by atoms with Gasteiger partial charge in [-0.25, -0.2) is 4.39 Å². The summed E-state index contributed by atoms with van der Waals surface area (Å²) in [5.41, 5.74) is 3.48. The number of halogens is 2. The van der Waals surface area contributed by atoms with Crippen LogP contribution in [0.2, 0.25) is 19.6 Å². The quantitative estimate of drug-likeness (QED) is 0.297. The Morgan fingerprint density at radius 3 is 2.56 bits per heavy atom. The Bertz CT molecular complexity index is 646. The van der Waals surface area contributed by atoms with Gasteiger partial charge in [-0.05, 0) is 41.3 Å². The molecule has 25 heavy (non-hydrogen) atoms. The first kappa shape index (κ1) is 21.9. The summed E-state index contributed by atoms with van der Waals surface area (Å²) in [6.07, 6.45) is 1.76. The SMILES string of the molecule is COC(=O)C(CCCCC(O)C#C[Si](C)(C)C)c1cccc(Br)c1F. The molecule has 0 fully saturated rings. The number of rotatable bonds is 7. The van der Waals surface area contributed by atoms with Gasteiger partial charge in [0.2, 0.25) is 0 Å².